The van der Waals surface area contributed by atoms with Gasteiger partial charge in [-0.2, -0.15) is 0 Å². The maximum Gasteiger partial charge on any atom is 0.234 e. The van der Waals surface area contributed by atoms with Crippen molar-refractivity contribution in [2.75, 3.05) is 0 Å². The smallest absolute Gasteiger partial charge is 0.234 e. The molecule has 0 aromatic rings. The average molecular weight is 237 g/mol. The van der Waals surface area contributed by atoms with E-state index in [-0.39, 0.29) is 23.1 Å². The number of hydrogen-bond donors (Lipinski definition) is 1. The summed E-state index contributed by atoms with van der Waals surface area (Å²) in [6.45, 7) is 8.21. The van der Waals surface area contributed by atoms with E-state index >= 15 is 0 Å². The zero-order valence-electron chi connectivity index (χ0n) is 11.3. The summed E-state index contributed by atoms with van der Waals surface area (Å²) in [6.07, 6.45) is 3.26. The lowest BCUT2D eigenvalue weighted by Crippen LogP contribution is -2.51. The van der Waals surface area contributed by atoms with E-state index < -0.39 is 5.41 Å². The van der Waals surface area contributed by atoms with E-state index in [4.69, 9.17) is 0 Å². The van der Waals surface area contributed by atoms with Gasteiger partial charge in [0, 0.05) is 12.5 Å². The normalized spacial score (nSPS) is 36.0. The number of fused-ring (bicyclic) bond motifs is 2. The maximum absolute atomic E-state index is 12.5. The van der Waals surface area contributed by atoms with Gasteiger partial charge in [-0.15, -0.1) is 0 Å². The standard InChI is InChI=1S/C14H23NO2/c1-5-9(2)15-12(17)14-7-6-10(8-11(14)16)13(14,3)4/h9-10H,5-8H2,1-4H3,(H,15,17). The van der Waals surface area contributed by atoms with Crippen LogP contribution < -0.4 is 5.32 Å². The fourth-order valence-corrected chi connectivity index (χ4v) is 3.66. The molecule has 2 rings (SSSR count). The Morgan fingerprint density at radius 2 is 2.18 bits per heavy atom. The van der Waals surface area contributed by atoms with E-state index in [2.05, 4.69) is 19.2 Å². The quantitative estimate of drug-likeness (QED) is 0.766. The second kappa shape index (κ2) is 3.82. The SMILES string of the molecule is CCC(C)NC(=O)C12CCC(CC1=O)C2(C)C. The van der Waals surface area contributed by atoms with Crippen molar-refractivity contribution in [2.24, 2.45) is 16.7 Å². The van der Waals surface area contributed by atoms with Gasteiger partial charge in [-0.25, -0.2) is 0 Å². The number of carbonyl (C=O) groups excluding carboxylic acids is 2. The van der Waals surface area contributed by atoms with Gasteiger partial charge in [0.1, 0.15) is 11.2 Å². The molecule has 0 heterocycles. The Bertz CT molecular complexity index is 361. The Morgan fingerprint density at radius 3 is 2.59 bits per heavy atom. The highest BCUT2D eigenvalue weighted by Gasteiger charge is 2.68. The van der Waals surface area contributed by atoms with Crippen LogP contribution in [0, 0.1) is 16.7 Å². The van der Waals surface area contributed by atoms with E-state index in [1.807, 2.05) is 13.8 Å². The predicted molar refractivity (Wildman–Crippen MR) is 66.5 cm³/mol. The predicted octanol–water partition coefficient (Wildman–Crippen LogP) is 2.30. The van der Waals surface area contributed by atoms with Gasteiger partial charge < -0.3 is 5.32 Å². The molecule has 17 heavy (non-hydrogen) atoms. The first kappa shape index (κ1) is 12.6. The minimum absolute atomic E-state index is 0.0261. The molecule has 0 saturated heterocycles. The van der Waals surface area contributed by atoms with Gasteiger partial charge in [0.25, 0.3) is 0 Å². The molecule has 2 aliphatic rings. The van der Waals surface area contributed by atoms with Crippen LogP contribution in [0.15, 0.2) is 0 Å². The molecule has 0 aromatic carbocycles. The van der Waals surface area contributed by atoms with Crippen molar-refractivity contribution in [3.8, 4) is 0 Å². The van der Waals surface area contributed by atoms with Crippen LogP contribution in [0.25, 0.3) is 0 Å². The molecule has 0 radical (unpaired) electrons. The number of ketones is 1. The molecule has 2 fully saturated rings. The Labute approximate surface area is 103 Å². The fraction of sp³-hybridized carbons (Fsp3) is 0.857. The molecular weight excluding hydrogens is 214 g/mol. The molecule has 96 valence electrons. The highest BCUT2D eigenvalue weighted by atomic mass is 16.2. The van der Waals surface area contributed by atoms with Crippen LogP contribution in [-0.2, 0) is 9.59 Å². The van der Waals surface area contributed by atoms with Crippen LogP contribution in [0.2, 0.25) is 0 Å². The largest absolute Gasteiger partial charge is 0.353 e. The minimum atomic E-state index is -0.735. The summed E-state index contributed by atoms with van der Waals surface area (Å²) in [5.74, 6) is 0.541. The average Bonchev–Trinajstić information content (AvgIpc) is 2.62. The highest BCUT2D eigenvalue weighted by molar-refractivity contribution is 6.09. The third kappa shape index (κ3) is 1.47. The number of hydrogen-bond acceptors (Lipinski definition) is 2. The zero-order valence-corrected chi connectivity index (χ0v) is 11.3. The maximum atomic E-state index is 12.5. The van der Waals surface area contributed by atoms with Crippen molar-refractivity contribution >= 4 is 11.7 Å². The van der Waals surface area contributed by atoms with Crippen LogP contribution >= 0.6 is 0 Å². The highest BCUT2D eigenvalue weighted by Crippen LogP contribution is 2.63. The van der Waals surface area contributed by atoms with Crippen LogP contribution in [0.1, 0.15) is 53.4 Å². The Morgan fingerprint density at radius 1 is 1.53 bits per heavy atom. The molecule has 3 nitrogen and oxygen atoms in total. The van der Waals surface area contributed by atoms with Crippen molar-refractivity contribution in [1.29, 1.82) is 0 Å². The lowest BCUT2D eigenvalue weighted by atomic mass is 9.68. The summed E-state index contributed by atoms with van der Waals surface area (Å²) in [6, 6.07) is 0.153. The summed E-state index contributed by atoms with van der Waals surface area (Å²) in [5.41, 5.74) is -0.900. The first-order valence-electron chi connectivity index (χ1n) is 6.70. The molecule has 2 aliphatic carbocycles. The molecule has 1 N–H and O–H groups in total. The van der Waals surface area contributed by atoms with E-state index in [9.17, 15) is 9.59 Å². The van der Waals surface area contributed by atoms with Gasteiger partial charge in [0.05, 0.1) is 0 Å². The van der Waals surface area contributed by atoms with Gasteiger partial charge in [-0.05, 0) is 37.5 Å². The molecule has 3 heteroatoms. The summed E-state index contributed by atoms with van der Waals surface area (Å²) < 4.78 is 0. The minimum Gasteiger partial charge on any atom is -0.353 e. The van der Waals surface area contributed by atoms with Crippen molar-refractivity contribution < 1.29 is 9.59 Å². The molecule has 2 bridgehead atoms. The lowest BCUT2D eigenvalue weighted by molar-refractivity contribution is -0.145. The van der Waals surface area contributed by atoms with E-state index in [1.54, 1.807) is 0 Å². The Balaban J connectivity index is 2.28. The van der Waals surface area contributed by atoms with Gasteiger partial charge in [-0.1, -0.05) is 20.8 Å². The number of carbonyl (C=O) groups is 2. The molecule has 3 unspecified atom stereocenters. The third-order valence-electron chi connectivity index (χ3n) is 5.27. The van der Waals surface area contributed by atoms with E-state index in [0.717, 1.165) is 19.3 Å². The molecule has 2 saturated carbocycles. The summed E-state index contributed by atoms with van der Waals surface area (Å²) in [4.78, 5) is 24.7. The van der Waals surface area contributed by atoms with E-state index in [0.29, 0.717) is 12.3 Å². The molecular formula is C14H23NO2. The van der Waals surface area contributed by atoms with Crippen LogP contribution in [0.3, 0.4) is 0 Å². The van der Waals surface area contributed by atoms with Crippen molar-refractivity contribution in [3.63, 3.8) is 0 Å². The molecule has 1 amide bonds. The Hall–Kier alpha value is -0.860. The van der Waals surface area contributed by atoms with Crippen LogP contribution in [0.4, 0.5) is 0 Å². The van der Waals surface area contributed by atoms with Crippen molar-refractivity contribution in [3.05, 3.63) is 0 Å². The van der Waals surface area contributed by atoms with Crippen LogP contribution in [0.5, 0.6) is 0 Å². The van der Waals surface area contributed by atoms with Gasteiger partial charge in [0.2, 0.25) is 5.91 Å². The van der Waals surface area contributed by atoms with Gasteiger partial charge in [0.15, 0.2) is 0 Å². The number of rotatable bonds is 3. The first-order valence-corrected chi connectivity index (χ1v) is 6.70. The van der Waals surface area contributed by atoms with Crippen LogP contribution in [-0.4, -0.2) is 17.7 Å². The Kier molecular flexibility index (Phi) is 2.83. The topological polar surface area (TPSA) is 46.2 Å². The zero-order chi connectivity index (χ0) is 12.8. The lowest BCUT2D eigenvalue weighted by Gasteiger charge is -2.35. The number of amides is 1. The summed E-state index contributed by atoms with van der Waals surface area (Å²) >= 11 is 0. The first-order chi connectivity index (χ1) is 7.86. The summed E-state index contributed by atoms with van der Waals surface area (Å²) in [5, 5.41) is 3.02. The molecule has 3 atom stereocenters. The third-order valence-corrected chi connectivity index (χ3v) is 5.27. The number of nitrogens with one attached hydrogen (secondary N) is 1. The van der Waals surface area contributed by atoms with Gasteiger partial charge >= 0.3 is 0 Å². The number of Topliss-reactive ketones (excluding diaryl/α,β-unsaturated/α-hetero) is 1. The second-order valence-corrected chi connectivity index (χ2v) is 6.27. The van der Waals surface area contributed by atoms with Crippen molar-refractivity contribution in [1.82, 2.24) is 5.32 Å². The van der Waals surface area contributed by atoms with E-state index in [1.165, 1.54) is 0 Å². The molecule has 0 aliphatic heterocycles. The van der Waals surface area contributed by atoms with Gasteiger partial charge in [-0.3, -0.25) is 9.59 Å². The monoisotopic (exact) mass is 237 g/mol. The van der Waals surface area contributed by atoms with Crippen molar-refractivity contribution in [2.45, 2.75) is 59.4 Å². The summed E-state index contributed by atoms with van der Waals surface area (Å²) in [7, 11) is 0. The second-order valence-electron chi connectivity index (χ2n) is 6.27. The molecule has 0 aromatic heterocycles. The fourth-order valence-electron chi connectivity index (χ4n) is 3.66. The molecule has 0 spiro atoms.